The minimum Gasteiger partial charge on any atom is -0.454 e. The van der Waals surface area contributed by atoms with E-state index in [2.05, 4.69) is 5.32 Å². The predicted octanol–water partition coefficient (Wildman–Crippen LogP) is 3.17. The van der Waals surface area contributed by atoms with Gasteiger partial charge in [0.1, 0.15) is 5.01 Å². The van der Waals surface area contributed by atoms with Gasteiger partial charge in [-0.05, 0) is 50.3 Å². The zero-order valence-corrected chi connectivity index (χ0v) is 14.4. The largest absolute Gasteiger partial charge is 0.454 e. The zero-order chi connectivity index (χ0) is 16.5. The summed E-state index contributed by atoms with van der Waals surface area (Å²) in [6.45, 7) is 2.25. The fraction of sp³-hybridized carbons (Fsp3) is 0.444. The first-order valence-corrected chi connectivity index (χ1v) is 9.17. The molecule has 1 amide bonds. The number of benzene rings is 1. The maximum absolute atomic E-state index is 12.3. The SMILES string of the molecule is C[C@H](NC(=O)Cc1ccc2c(c1)OCO2)c1nc2c(s1)CCCC2. The number of nitrogens with zero attached hydrogens (tertiary/aromatic N) is 1. The highest BCUT2D eigenvalue weighted by molar-refractivity contribution is 7.11. The van der Waals surface area contributed by atoms with Crippen LogP contribution in [0.5, 0.6) is 11.5 Å². The summed E-state index contributed by atoms with van der Waals surface area (Å²) < 4.78 is 10.6. The van der Waals surface area contributed by atoms with E-state index in [1.54, 1.807) is 11.3 Å². The summed E-state index contributed by atoms with van der Waals surface area (Å²) in [4.78, 5) is 18.5. The second kappa shape index (κ2) is 6.43. The lowest BCUT2D eigenvalue weighted by Gasteiger charge is -2.11. The number of ether oxygens (including phenoxy) is 2. The molecule has 1 aliphatic carbocycles. The van der Waals surface area contributed by atoms with Crippen LogP contribution in [0.25, 0.3) is 0 Å². The van der Waals surface area contributed by atoms with Gasteiger partial charge in [0.2, 0.25) is 12.7 Å². The Morgan fingerprint density at radius 2 is 2.12 bits per heavy atom. The molecule has 1 aromatic heterocycles. The van der Waals surface area contributed by atoms with Gasteiger partial charge in [0.15, 0.2) is 11.5 Å². The highest BCUT2D eigenvalue weighted by Gasteiger charge is 2.20. The maximum atomic E-state index is 12.3. The van der Waals surface area contributed by atoms with Crippen LogP contribution in [0.15, 0.2) is 18.2 Å². The van der Waals surface area contributed by atoms with Crippen molar-refractivity contribution in [2.24, 2.45) is 0 Å². The summed E-state index contributed by atoms with van der Waals surface area (Å²) in [6, 6.07) is 5.57. The summed E-state index contributed by atoms with van der Waals surface area (Å²) in [7, 11) is 0. The van der Waals surface area contributed by atoms with Crippen LogP contribution in [0, 0.1) is 0 Å². The molecule has 6 heteroatoms. The van der Waals surface area contributed by atoms with Gasteiger partial charge in [0.25, 0.3) is 0 Å². The van der Waals surface area contributed by atoms with E-state index >= 15 is 0 Å². The van der Waals surface area contributed by atoms with Crippen molar-refractivity contribution in [3.63, 3.8) is 0 Å². The van der Waals surface area contributed by atoms with Crippen LogP contribution < -0.4 is 14.8 Å². The highest BCUT2D eigenvalue weighted by atomic mass is 32.1. The lowest BCUT2D eigenvalue weighted by molar-refractivity contribution is -0.121. The molecule has 0 saturated carbocycles. The Hall–Kier alpha value is -2.08. The number of aromatic nitrogens is 1. The summed E-state index contributed by atoms with van der Waals surface area (Å²) in [5, 5.41) is 4.07. The second-order valence-electron chi connectivity index (χ2n) is 6.28. The Bertz CT molecular complexity index is 748. The van der Waals surface area contributed by atoms with Crippen molar-refractivity contribution < 1.29 is 14.3 Å². The molecule has 4 rings (SSSR count). The number of rotatable bonds is 4. The van der Waals surface area contributed by atoms with Crippen LogP contribution in [0.1, 0.15) is 46.9 Å². The van der Waals surface area contributed by atoms with Crippen molar-refractivity contribution in [1.82, 2.24) is 10.3 Å². The topological polar surface area (TPSA) is 60.5 Å². The van der Waals surface area contributed by atoms with Gasteiger partial charge >= 0.3 is 0 Å². The van der Waals surface area contributed by atoms with Crippen molar-refractivity contribution in [1.29, 1.82) is 0 Å². The number of hydrogen-bond donors (Lipinski definition) is 1. The van der Waals surface area contributed by atoms with Crippen molar-refractivity contribution >= 4 is 17.2 Å². The van der Waals surface area contributed by atoms with Gasteiger partial charge in [-0.25, -0.2) is 4.98 Å². The predicted molar refractivity (Wildman–Crippen MR) is 91.6 cm³/mol. The minimum absolute atomic E-state index is 0.00506. The van der Waals surface area contributed by atoms with Gasteiger partial charge in [-0.3, -0.25) is 4.79 Å². The highest BCUT2D eigenvalue weighted by Crippen LogP contribution is 2.33. The molecule has 126 valence electrons. The van der Waals surface area contributed by atoms with Crippen LogP contribution in [0.3, 0.4) is 0 Å². The molecule has 0 spiro atoms. The second-order valence-corrected chi connectivity index (χ2v) is 7.40. The first-order valence-electron chi connectivity index (χ1n) is 8.35. The molecule has 0 saturated heterocycles. The van der Waals surface area contributed by atoms with Gasteiger partial charge in [0.05, 0.1) is 18.2 Å². The van der Waals surface area contributed by atoms with Crippen molar-refractivity contribution in [2.75, 3.05) is 6.79 Å². The smallest absolute Gasteiger partial charge is 0.231 e. The van der Waals surface area contributed by atoms with E-state index < -0.39 is 0 Å². The number of hydrogen-bond acceptors (Lipinski definition) is 5. The van der Waals surface area contributed by atoms with Crippen LogP contribution in [0.4, 0.5) is 0 Å². The summed E-state index contributed by atoms with van der Waals surface area (Å²) >= 11 is 1.75. The first-order chi connectivity index (χ1) is 11.7. The molecule has 2 heterocycles. The molecule has 24 heavy (non-hydrogen) atoms. The van der Waals surface area contributed by atoms with Crippen LogP contribution >= 0.6 is 11.3 Å². The van der Waals surface area contributed by atoms with Crippen LogP contribution in [-0.4, -0.2) is 17.7 Å². The first kappa shape index (κ1) is 15.4. The number of amides is 1. The van der Waals surface area contributed by atoms with Gasteiger partial charge < -0.3 is 14.8 Å². The summed E-state index contributed by atoms with van der Waals surface area (Å²) in [5.41, 5.74) is 2.15. The molecular formula is C18H20N2O3S. The van der Waals surface area contributed by atoms with Crippen LogP contribution in [0.2, 0.25) is 0 Å². The lowest BCUT2D eigenvalue weighted by atomic mass is 10.0. The van der Waals surface area contributed by atoms with Gasteiger partial charge in [-0.15, -0.1) is 11.3 Å². The van der Waals surface area contributed by atoms with Gasteiger partial charge in [-0.1, -0.05) is 6.07 Å². The molecule has 2 aliphatic rings. The molecule has 0 radical (unpaired) electrons. The van der Waals surface area contributed by atoms with Gasteiger partial charge in [-0.2, -0.15) is 0 Å². The maximum Gasteiger partial charge on any atom is 0.231 e. The van der Waals surface area contributed by atoms with E-state index in [0.29, 0.717) is 12.2 Å². The third-order valence-electron chi connectivity index (χ3n) is 4.41. The molecule has 1 N–H and O–H groups in total. The molecule has 5 nitrogen and oxygen atoms in total. The third-order valence-corrected chi connectivity index (χ3v) is 5.75. The van der Waals surface area contributed by atoms with Crippen molar-refractivity contribution in [2.45, 2.75) is 45.1 Å². The number of thiazole rings is 1. The number of aryl methyl sites for hydroxylation is 2. The van der Waals surface area contributed by atoms with E-state index in [0.717, 1.165) is 29.2 Å². The number of carbonyl (C=O) groups excluding carboxylic acids is 1. The fourth-order valence-electron chi connectivity index (χ4n) is 3.15. The van der Waals surface area contributed by atoms with Crippen molar-refractivity contribution in [3.05, 3.63) is 39.3 Å². The van der Waals surface area contributed by atoms with Crippen molar-refractivity contribution in [3.8, 4) is 11.5 Å². The zero-order valence-electron chi connectivity index (χ0n) is 13.6. The quantitative estimate of drug-likeness (QED) is 0.925. The third kappa shape index (κ3) is 3.11. The number of carbonyl (C=O) groups is 1. The fourth-order valence-corrected chi connectivity index (χ4v) is 4.30. The molecule has 1 atom stereocenters. The Labute approximate surface area is 145 Å². The molecule has 1 aromatic carbocycles. The molecule has 1 aliphatic heterocycles. The Kier molecular flexibility index (Phi) is 4.14. The minimum atomic E-state index is -0.0536. The Morgan fingerprint density at radius 1 is 1.29 bits per heavy atom. The normalized spacial score (nSPS) is 16.5. The molecule has 0 unspecified atom stereocenters. The Morgan fingerprint density at radius 3 is 3.00 bits per heavy atom. The number of fused-ring (bicyclic) bond motifs is 2. The van der Waals surface area contributed by atoms with E-state index in [1.165, 1.54) is 23.4 Å². The standard InChI is InChI=1S/C18H20N2O3S/c1-11(18-20-13-4-2-3-5-16(13)24-18)19-17(21)9-12-6-7-14-15(8-12)23-10-22-14/h6-8,11H,2-5,9-10H2,1H3,(H,19,21)/t11-/m0/s1. The summed E-state index contributed by atoms with van der Waals surface area (Å²) in [5.74, 6) is 1.44. The average molecular weight is 344 g/mol. The molecular weight excluding hydrogens is 324 g/mol. The molecule has 0 bridgehead atoms. The van der Waals surface area contributed by atoms with E-state index in [9.17, 15) is 4.79 Å². The molecule has 0 fully saturated rings. The number of nitrogens with one attached hydrogen (secondary N) is 1. The lowest BCUT2D eigenvalue weighted by Crippen LogP contribution is -2.28. The average Bonchev–Trinajstić information content (AvgIpc) is 3.20. The van der Waals surface area contributed by atoms with E-state index in [-0.39, 0.29) is 18.7 Å². The van der Waals surface area contributed by atoms with E-state index in [1.807, 2.05) is 25.1 Å². The van der Waals surface area contributed by atoms with Gasteiger partial charge in [0, 0.05) is 4.88 Å². The monoisotopic (exact) mass is 344 g/mol. The van der Waals surface area contributed by atoms with Crippen LogP contribution in [-0.2, 0) is 24.1 Å². The Balaban J connectivity index is 1.39. The summed E-state index contributed by atoms with van der Waals surface area (Å²) in [6.07, 6.45) is 5.00. The van der Waals surface area contributed by atoms with E-state index in [4.69, 9.17) is 14.5 Å². The molecule has 2 aromatic rings.